The monoisotopic (exact) mass is 243 g/mol. The zero-order chi connectivity index (χ0) is 13.3. The summed E-state index contributed by atoms with van der Waals surface area (Å²) in [7, 11) is 0. The number of carbonyl (C=O) groups excluding carboxylic acids is 1. The van der Waals surface area contributed by atoms with E-state index in [1.165, 1.54) is 0 Å². The number of benzene rings is 1. The molecule has 4 nitrogen and oxygen atoms in total. The van der Waals surface area contributed by atoms with Crippen molar-refractivity contribution in [3.05, 3.63) is 46.3 Å². The van der Waals surface area contributed by atoms with Crippen molar-refractivity contribution in [1.82, 2.24) is 10.2 Å². The molecular weight excluding hydrogens is 226 g/mol. The van der Waals surface area contributed by atoms with Gasteiger partial charge in [0.1, 0.15) is 0 Å². The van der Waals surface area contributed by atoms with Crippen molar-refractivity contribution < 1.29 is 4.79 Å². The average molecular weight is 243 g/mol. The molecule has 0 unspecified atom stereocenters. The summed E-state index contributed by atoms with van der Waals surface area (Å²) >= 11 is 0. The third-order valence-electron chi connectivity index (χ3n) is 2.99. The zero-order valence-electron chi connectivity index (χ0n) is 11.1. The van der Waals surface area contributed by atoms with Gasteiger partial charge < -0.3 is 5.32 Å². The molecule has 0 atom stereocenters. The van der Waals surface area contributed by atoms with Gasteiger partial charge in [-0.2, -0.15) is 5.10 Å². The molecule has 0 spiro atoms. The lowest BCUT2D eigenvalue weighted by Crippen LogP contribution is -2.14. The molecule has 2 N–H and O–H groups in total. The van der Waals surface area contributed by atoms with Crippen LogP contribution in [0.3, 0.4) is 0 Å². The average Bonchev–Trinajstić information content (AvgIpc) is 2.60. The molecule has 0 bridgehead atoms. The lowest BCUT2D eigenvalue weighted by Gasteiger charge is -2.08. The Morgan fingerprint density at radius 2 is 1.94 bits per heavy atom. The van der Waals surface area contributed by atoms with Crippen LogP contribution in [0.4, 0.5) is 5.69 Å². The Hall–Kier alpha value is -2.10. The van der Waals surface area contributed by atoms with Crippen molar-refractivity contribution in [1.29, 1.82) is 0 Å². The lowest BCUT2D eigenvalue weighted by molar-refractivity contribution is 0.102. The topological polar surface area (TPSA) is 57.8 Å². The maximum absolute atomic E-state index is 12.2. The Morgan fingerprint density at radius 3 is 2.50 bits per heavy atom. The molecule has 2 aromatic rings. The summed E-state index contributed by atoms with van der Waals surface area (Å²) in [6.07, 6.45) is 0. The lowest BCUT2D eigenvalue weighted by atomic mass is 10.1. The largest absolute Gasteiger partial charge is 0.319 e. The molecule has 0 aliphatic carbocycles. The number of amides is 1. The fraction of sp³-hybridized carbons (Fsp3) is 0.286. The molecule has 0 aliphatic rings. The van der Waals surface area contributed by atoms with E-state index in [1.54, 1.807) is 0 Å². The number of aromatic nitrogens is 2. The van der Waals surface area contributed by atoms with Gasteiger partial charge in [0, 0.05) is 5.56 Å². The Bertz CT molecular complexity index is 580. The highest BCUT2D eigenvalue weighted by Crippen LogP contribution is 2.18. The molecule has 2 rings (SSSR count). The van der Waals surface area contributed by atoms with E-state index in [0.717, 1.165) is 28.2 Å². The summed E-state index contributed by atoms with van der Waals surface area (Å²) in [4.78, 5) is 12.2. The molecule has 0 saturated carbocycles. The van der Waals surface area contributed by atoms with Crippen LogP contribution in [0.15, 0.2) is 18.2 Å². The van der Waals surface area contributed by atoms with Crippen molar-refractivity contribution in [3.63, 3.8) is 0 Å². The van der Waals surface area contributed by atoms with E-state index in [9.17, 15) is 4.79 Å². The minimum atomic E-state index is -0.0971. The first-order chi connectivity index (χ1) is 8.49. The standard InChI is InChI=1S/C14H17N3O/c1-8-5-6-12(9(2)7-8)14(18)15-13-10(3)16-17-11(13)4/h5-7H,1-4H3,(H,15,18)(H,16,17). The summed E-state index contributed by atoms with van der Waals surface area (Å²) in [5.41, 5.74) is 5.25. The molecular formula is C14H17N3O. The molecule has 1 aromatic heterocycles. The van der Waals surface area contributed by atoms with Crippen LogP contribution in [0.5, 0.6) is 0 Å². The Balaban J connectivity index is 2.28. The van der Waals surface area contributed by atoms with E-state index in [1.807, 2.05) is 45.9 Å². The number of rotatable bonds is 2. The molecule has 1 heterocycles. The molecule has 4 heteroatoms. The fourth-order valence-corrected chi connectivity index (χ4v) is 1.98. The molecule has 94 valence electrons. The number of carbonyl (C=O) groups is 1. The van der Waals surface area contributed by atoms with Crippen LogP contribution >= 0.6 is 0 Å². The van der Waals surface area contributed by atoms with Gasteiger partial charge in [-0.1, -0.05) is 17.7 Å². The predicted molar refractivity (Wildman–Crippen MR) is 71.9 cm³/mol. The van der Waals surface area contributed by atoms with E-state index in [2.05, 4.69) is 15.5 Å². The number of nitrogens with zero attached hydrogens (tertiary/aromatic N) is 1. The third-order valence-corrected chi connectivity index (χ3v) is 2.99. The Labute approximate surface area is 106 Å². The summed E-state index contributed by atoms with van der Waals surface area (Å²) < 4.78 is 0. The molecule has 1 amide bonds. The van der Waals surface area contributed by atoms with E-state index in [0.29, 0.717) is 5.56 Å². The number of H-pyrrole nitrogens is 1. The normalized spacial score (nSPS) is 10.4. The number of hydrogen-bond donors (Lipinski definition) is 2. The van der Waals surface area contributed by atoms with Crippen LogP contribution in [0.1, 0.15) is 32.9 Å². The van der Waals surface area contributed by atoms with E-state index >= 15 is 0 Å². The van der Waals surface area contributed by atoms with Gasteiger partial charge in [0.25, 0.3) is 5.91 Å². The predicted octanol–water partition coefficient (Wildman–Crippen LogP) is 2.90. The first-order valence-corrected chi connectivity index (χ1v) is 5.89. The van der Waals surface area contributed by atoms with Crippen molar-refractivity contribution >= 4 is 11.6 Å². The van der Waals surface area contributed by atoms with Crippen molar-refractivity contribution in [3.8, 4) is 0 Å². The minimum absolute atomic E-state index is 0.0971. The van der Waals surface area contributed by atoms with Gasteiger partial charge in [0.15, 0.2) is 0 Å². The van der Waals surface area contributed by atoms with Gasteiger partial charge in [-0.3, -0.25) is 9.89 Å². The van der Waals surface area contributed by atoms with Gasteiger partial charge in [0.05, 0.1) is 17.1 Å². The Morgan fingerprint density at radius 1 is 1.22 bits per heavy atom. The van der Waals surface area contributed by atoms with Crippen LogP contribution in [0.25, 0.3) is 0 Å². The van der Waals surface area contributed by atoms with Gasteiger partial charge in [0.2, 0.25) is 0 Å². The quantitative estimate of drug-likeness (QED) is 0.852. The molecule has 0 saturated heterocycles. The molecule has 0 radical (unpaired) electrons. The third kappa shape index (κ3) is 2.27. The van der Waals surface area contributed by atoms with Crippen LogP contribution in [-0.2, 0) is 0 Å². The maximum Gasteiger partial charge on any atom is 0.256 e. The molecule has 1 aromatic carbocycles. The smallest absolute Gasteiger partial charge is 0.256 e. The SMILES string of the molecule is Cc1ccc(C(=O)Nc2c(C)n[nH]c2C)c(C)c1. The summed E-state index contributed by atoms with van der Waals surface area (Å²) in [5, 5.41) is 9.81. The minimum Gasteiger partial charge on any atom is -0.319 e. The van der Waals surface area contributed by atoms with Crippen molar-refractivity contribution in [2.45, 2.75) is 27.7 Å². The van der Waals surface area contributed by atoms with Crippen molar-refractivity contribution in [2.75, 3.05) is 5.32 Å². The Kier molecular flexibility index (Phi) is 3.19. The van der Waals surface area contributed by atoms with Crippen LogP contribution < -0.4 is 5.32 Å². The summed E-state index contributed by atoms with van der Waals surface area (Å²) in [6.45, 7) is 7.70. The number of aryl methyl sites for hydroxylation is 4. The van der Waals surface area contributed by atoms with Gasteiger partial charge in [-0.25, -0.2) is 0 Å². The van der Waals surface area contributed by atoms with E-state index in [4.69, 9.17) is 0 Å². The van der Waals surface area contributed by atoms with Crippen LogP contribution in [-0.4, -0.2) is 16.1 Å². The van der Waals surface area contributed by atoms with Crippen LogP contribution in [0, 0.1) is 27.7 Å². The number of nitrogens with one attached hydrogen (secondary N) is 2. The zero-order valence-corrected chi connectivity index (χ0v) is 11.1. The van der Waals surface area contributed by atoms with Crippen molar-refractivity contribution in [2.24, 2.45) is 0 Å². The molecule has 0 fully saturated rings. The summed E-state index contributed by atoms with van der Waals surface area (Å²) in [5.74, 6) is -0.0971. The number of aromatic amines is 1. The summed E-state index contributed by atoms with van der Waals surface area (Å²) in [6, 6.07) is 5.80. The number of hydrogen-bond acceptors (Lipinski definition) is 2. The highest BCUT2D eigenvalue weighted by Gasteiger charge is 2.13. The molecule has 0 aliphatic heterocycles. The first-order valence-electron chi connectivity index (χ1n) is 5.89. The number of anilines is 1. The van der Waals surface area contributed by atoms with Gasteiger partial charge in [-0.05, 0) is 39.3 Å². The first kappa shape index (κ1) is 12.4. The second kappa shape index (κ2) is 4.64. The second-order valence-electron chi connectivity index (χ2n) is 4.58. The van der Waals surface area contributed by atoms with Gasteiger partial charge >= 0.3 is 0 Å². The second-order valence-corrected chi connectivity index (χ2v) is 4.58. The van der Waals surface area contributed by atoms with Gasteiger partial charge in [-0.15, -0.1) is 0 Å². The molecule has 18 heavy (non-hydrogen) atoms. The maximum atomic E-state index is 12.2. The highest BCUT2D eigenvalue weighted by atomic mass is 16.1. The van der Waals surface area contributed by atoms with Crippen LogP contribution in [0.2, 0.25) is 0 Å². The fourth-order valence-electron chi connectivity index (χ4n) is 1.98. The van der Waals surface area contributed by atoms with E-state index < -0.39 is 0 Å². The highest BCUT2D eigenvalue weighted by molar-refractivity contribution is 6.05. The van der Waals surface area contributed by atoms with E-state index in [-0.39, 0.29) is 5.91 Å².